The lowest BCUT2D eigenvalue weighted by Crippen LogP contribution is -2.24. The topological polar surface area (TPSA) is 81.8 Å². The fraction of sp³-hybridized carbons (Fsp3) is 0.348. The summed E-state index contributed by atoms with van der Waals surface area (Å²) in [6, 6.07) is 7.43. The molecule has 0 bridgehead atoms. The van der Waals surface area contributed by atoms with Crippen LogP contribution in [0.2, 0.25) is 0 Å². The molecule has 0 spiro atoms. The summed E-state index contributed by atoms with van der Waals surface area (Å²) in [5.74, 6) is 6.08. The van der Waals surface area contributed by atoms with E-state index in [1.807, 2.05) is 38.1 Å². The number of hydrogen-bond donors (Lipinski definition) is 2. The van der Waals surface area contributed by atoms with Crippen molar-refractivity contribution in [3.05, 3.63) is 47.3 Å². The Balaban J connectivity index is 1.49. The normalized spacial score (nSPS) is 20.6. The zero-order valence-electron chi connectivity index (χ0n) is 17.2. The van der Waals surface area contributed by atoms with E-state index in [2.05, 4.69) is 22.1 Å². The van der Waals surface area contributed by atoms with Crippen LogP contribution in [0.4, 0.5) is 5.69 Å². The first-order valence-electron chi connectivity index (χ1n) is 9.73. The second kappa shape index (κ2) is 8.36. The van der Waals surface area contributed by atoms with Crippen LogP contribution in [0, 0.1) is 11.8 Å². The molecule has 0 aliphatic carbocycles. The Kier molecular flexibility index (Phi) is 5.64. The van der Waals surface area contributed by atoms with E-state index in [-0.39, 0.29) is 18.6 Å². The van der Waals surface area contributed by atoms with Crippen LogP contribution in [0.15, 0.2) is 30.5 Å². The van der Waals surface area contributed by atoms with Crippen LogP contribution in [-0.2, 0) is 19.0 Å². The van der Waals surface area contributed by atoms with Crippen LogP contribution in [0.5, 0.6) is 5.75 Å². The van der Waals surface area contributed by atoms with Crippen LogP contribution in [0.3, 0.4) is 0 Å². The number of aromatic nitrogens is 1. The minimum atomic E-state index is -0.561. The standard InChI is InChI=1S/C23H24N2O5/c1-23(2)29-14-16(30-23)13-28-11-5-7-15-6-4-8-18-21(15)17(22(26)25-18)12-19-20(27-3)9-10-24-19/h4,6,8-10,12,16,24H,11,13-14H2,1-3H3,(H,25,26)/b17-12-. The molecule has 7 heteroatoms. The molecule has 156 valence electrons. The maximum absolute atomic E-state index is 12.6. The van der Waals surface area contributed by atoms with Crippen molar-refractivity contribution in [3.63, 3.8) is 0 Å². The Morgan fingerprint density at radius 2 is 2.20 bits per heavy atom. The lowest BCUT2D eigenvalue weighted by molar-refractivity contribution is -0.144. The molecule has 1 fully saturated rings. The first kappa shape index (κ1) is 20.2. The second-order valence-corrected chi connectivity index (χ2v) is 7.47. The van der Waals surface area contributed by atoms with Gasteiger partial charge < -0.3 is 29.2 Å². The highest BCUT2D eigenvalue weighted by atomic mass is 16.7. The quantitative estimate of drug-likeness (QED) is 0.452. The smallest absolute Gasteiger partial charge is 0.256 e. The Labute approximate surface area is 175 Å². The summed E-state index contributed by atoms with van der Waals surface area (Å²) in [7, 11) is 1.59. The summed E-state index contributed by atoms with van der Waals surface area (Å²) in [5, 5.41) is 2.89. The van der Waals surface area contributed by atoms with Crippen molar-refractivity contribution in [2.75, 3.05) is 32.2 Å². The van der Waals surface area contributed by atoms with Crippen LogP contribution in [0.1, 0.15) is 30.7 Å². The Morgan fingerprint density at radius 1 is 1.33 bits per heavy atom. The fourth-order valence-electron chi connectivity index (χ4n) is 3.51. The van der Waals surface area contributed by atoms with Crippen molar-refractivity contribution >= 4 is 23.2 Å². The number of fused-ring (bicyclic) bond motifs is 1. The van der Waals surface area contributed by atoms with E-state index in [0.717, 1.165) is 22.5 Å². The highest BCUT2D eigenvalue weighted by Crippen LogP contribution is 2.36. The average molecular weight is 408 g/mol. The third kappa shape index (κ3) is 4.26. The van der Waals surface area contributed by atoms with E-state index in [0.29, 0.717) is 24.5 Å². The lowest BCUT2D eigenvalue weighted by atomic mass is 10.00. The fourth-order valence-corrected chi connectivity index (χ4v) is 3.51. The van der Waals surface area contributed by atoms with E-state index in [4.69, 9.17) is 18.9 Å². The van der Waals surface area contributed by atoms with Crippen molar-refractivity contribution in [2.45, 2.75) is 25.7 Å². The molecule has 1 atom stereocenters. The predicted octanol–water partition coefficient (Wildman–Crippen LogP) is 3.04. The molecule has 4 rings (SSSR count). The summed E-state index contributed by atoms with van der Waals surface area (Å²) in [6.45, 7) is 4.95. The first-order valence-corrected chi connectivity index (χ1v) is 9.73. The molecule has 1 saturated heterocycles. The number of hydrogen-bond acceptors (Lipinski definition) is 5. The molecule has 0 saturated carbocycles. The maximum atomic E-state index is 12.6. The van der Waals surface area contributed by atoms with Crippen molar-refractivity contribution in [3.8, 4) is 17.6 Å². The molecule has 7 nitrogen and oxygen atoms in total. The zero-order chi connectivity index (χ0) is 21.1. The highest BCUT2D eigenvalue weighted by Gasteiger charge is 2.32. The largest absolute Gasteiger partial charge is 0.495 e. The van der Waals surface area contributed by atoms with Crippen molar-refractivity contribution in [1.29, 1.82) is 0 Å². The number of H-pyrrole nitrogens is 1. The summed E-state index contributed by atoms with van der Waals surface area (Å²) in [6.07, 6.45) is 3.46. The Hall–Kier alpha value is -3.05. The van der Waals surface area contributed by atoms with Gasteiger partial charge >= 0.3 is 0 Å². The molecule has 30 heavy (non-hydrogen) atoms. The van der Waals surface area contributed by atoms with Crippen molar-refractivity contribution in [1.82, 2.24) is 4.98 Å². The number of anilines is 1. The van der Waals surface area contributed by atoms with E-state index in [9.17, 15) is 4.79 Å². The van der Waals surface area contributed by atoms with E-state index in [1.54, 1.807) is 19.4 Å². The van der Waals surface area contributed by atoms with Gasteiger partial charge in [0.15, 0.2) is 5.79 Å². The number of ether oxygens (including phenoxy) is 4. The van der Waals surface area contributed by atoms with Gasteiger partial charge in [-0.25, -0.2) is 0 Å². The van der Waals surface area contributed by atoms with Crippen LogP contribution in [0.25, 0.3) is 11.6 Å². The maximum Gasteiger partial charge on any atom is 0.256 e. The van der Waals surface area contributed by atoms with Gasteiger partial charge in [0.2, 0.25) is 0 Å². The van der Waals surface area contributed by atoms with Crippen LogP contribution in [-0.4, -0.2) is 49.7 Å². The summed E-state index contributed by atoms with van der Waals surface area (Å²) in [4.78, 5) is 15.6. The molecule has 1 amide bonds. The molecule has 2 aliphatic heterocycles. The third-order valence-electron chi connectivity index (χ3n) is 4.84. The molecule has 2 aromatic rings. The minimum Gasteiger partial charge on any atom is -0.495 e. The molecule has 3 heterocycles. The van der Waals surface area contributed by atoms with E-state index < -0.39 is 5.79 Å². The van der Waals surface area contributed by atoms with Gasteiger partial charge in [0.25, 0.3) is 5.91 Å². The number of amides is 1. The Morgan fingerprint density at radius 3 is 2.97 bits per heavy atom. The number of methoxy groups -OCH3 is 1. The van der Waals surface area contributed by atoms with Crippen molar-refractivity contribution < 1.29 is 23.7 Å². The summed E-state index contributed by atoms with van der Waals surface area (Å²) < 4.78 is 22.2. The van der Waals surface area contributed by atoms with Crippen LogP contribution < -0.4 is 10.1 Å². The molecule has 2 N–H and O–H groups in total. The van der Waals surface area contributed by atoms with Gasteiger partial charge in [-0.2, -0.15) is 0 Å². The number of carbonyl (C=O) groups excluding carboxylic acids is 1. The number of aromatic amines is 1. The Bertz CT molecular complexity index is 1040. The van der Waals surface area contributed by atoms with Crippen molar-refractivity contribution in [2.24, 2.45) is 0 Å². The minimum absolute atomic E-state index is 0.0880. The van der Waals surface area contributed by atoms with E-state index in [1.165, 1.54) is 0 Å². The molecular weight excluding hydrogens is 384 g/mol. The summed E-state index contributed by atoms with van der Waals surface area (Å²) in [5.41, 5.74) is 3.54. The number of carbonyl (C=O) groups is 1. The summed E-state index contributed by atoms with van der Waals surface area (Å²) >= 11 is 0. The van der Waals surface area contributed by atoms with Gasteiger partial charge in [-0.05, 0) is 38.1 Å². The van der Waals surface area contributed by atoms with E-state index >= 15 is 0 Å². The van der Waals surface area contributed by atoms with Gasteiger partial charge in [0.05, 0.1) is 37.3 Å². The van der Waals surface area contributed by atoms with Gasteiger partial charge in [0, 0.05) is 17.3 Å². The predicted molar refractivity (Wildman–Crippen MR) is 113 cm³/mol. The first-order chi connectivity index (χ1) is 14.5. The third-order valence-corrected chi connectivity index (χ3v) is 4.84. The lowest BCUT2D eigenvalue weighted by Gasteiger charge is -2.16. The molecule has 1 aromatic carbocycles. The van der Waals surface area contributed by atoms with Gasteiger partial charge in [-0.15, -0.1) is 0 Å². The molecule has 2 aliphatic rings. The van der Waals surface area contributed by atoms with Gasteiger partial charge in [-0.1, -0.05) is 17.9 Å². The van der Waals surface area contributed by atoms with Gasteiger partial charge in [-0.3, -0.25) is 4.79 Å². The molecule has 0 radical (unpaired) electrons. The molecule has 1 aromatic heterocycles. The van der Waals surface area contributed by atoms with Crippen LogP contribution >= 0.6 is 0 Å². The van der Waals surface area contributed by atoms with Gasteiger partial charge in [0.1, 0.15) is 18.5 Å². The molecule has 1 unspecified atom stereocenters. The second-order valence-electron chi connectivity index (χ2n) is 7.47. The highest BCUT2D eigenvalue weighted by molar-refractivity contribution is 6.35. The average Bonchev–Trinajstić information content (AvgIpc) is 3.39. The SMILES string of the molecule is COc1cc[nH]c1/C=C1\C(=O)Nc2cccc(C#CCOCC3COC(C)(C)O3)c21. The number of benzene rings is 1. The molecular formula is C23H24N2O5. The zero-order valence-corrected chi connectivity index (χ0v) is 17.2. The number of nitrogens with one attached hydrogen (secondary N) is 2. The number of rotatable bonds is 5. The monoisotopic (exact) mass is 408 g/mol.